The molecular formula is C17H17FO2S. The van der Waals surface area contributed by atoms with Gasteiger partial charge >= 0.3 is 5.97 Å². The van der Waals surface area contributed by atoms with Crippen LogP contribution in [0.5, 0.6) is 0 Å². The van der Waals surface area contributed by atoms with Crippen molar-refractivity contribution in [1.82, 2.24) is 0 Å². The maximum Gasteiger partial charge on any atom is 0.321 e. The van der Waals surface area contributed by atoms with Gasteiger partial charge in [-0.05, 0) is 41.3 Å². The molecule has 0 aromatic heterocycles. The molecule has 21 heavy (non-hydrogen) atoms. The van der Waals surface area contributed by atoms with Gasteiger partial charge in [0.05, 0.1) is 0 Å². The number of hydrogen-bond acceptors (Lipinski definition) is 2. The number of halogens is 1. The van der Waals surface area contributed by atoms with E-state index in [0.29, 0.717) is 11.5 Å². The fraction of sp³-hybridized carbons (Fsp3) is 0.235. The Hall–Kier alpha value is -1.81. The first-order valence-electron chi connectivity index (χ1n) is 6.72. The summed E-state index contributed by atoms with van der Waals surface area (Å²) in [7, 11) is 0. The second kappa shape index (κ2) is 6.76. The lowest BCUT2D eigenvalue weighted by atomic mass is 10.0. The van der Waals surface area contributed by atoms with Crippen molar-refractivity contribution in [2.75, 3.05) is 0 Å². The largest absolute Gasteiger partial charge is 0.480 e. The Labute approximate surface area is 128 Å². The summed E-state index contributed by atoms with van der Waals surface area (Å²) >= 11 is 1.25. The summed E-state index contributed by atoms with van der Waals surface area (Å²) < 4.78 is 12.9. The van der Waals surface area contributed by atoms with Crippen molar-refractivity contribution in [2.24, 2.45) is 0 Å². The fourth-order valence-electron chi connectivity index (χ4n) is 1.97. The molecule has 0 saturated heterocycles. The van der Waals surface area contributed by atoms with Crippen LogP contribution in [0, 0.1) is 5.82 Å². The second-order valence-electron chi connectivity index (χ2n) is 5.11. The molecule has 0 aliphatic heterocycles. The first-order chi connectivity index (χ1) is 9.97. The zero-order chi connectivity index (χ0) is 15.4. The molecule has 2 nitrogen and oxygen atoms in total. The van der Waals surface area contributed by atoms with Gasteiger partial charge < -0.3 is 5.11 Å². The average molecular weight is 304 g/mol. The average Bonchev–Trinajstić information content (AvgIpc) is 2.46. The van der Waals surface area contributed by atoms with Crippen LogP contribution in [0.1, 0.15) is 36.1 Å². The minimum Gasteiger partial charge on any atom is -0.480 e. The summed E-state index contributed by atoms with van der Waals surface area (Å²) in [5.74, 6) is -0.856. The molecule has 2 aromatic carbocycles. The summed E-state index contributed by atoms with van der Waals surface area (Å²) in [6.07, 6.45) is 0. The highest BCUT2D eigenvalue weighted by Crippen LogP contribution is 2.36. The number of carboxylic acids is 1. The summed E-state index contributed by atoms with van der Waals surface area (Å²) in [4.78, 5) is 12.3. The summed E-state index contributed by atoms with van der Waals surface area (Å²) in [5.41, 5.74) is 1.80. The molecule has 0 radical (unpaired) electrons. The number of benzene rings is 2. The molecule has 2 aromatic rings. The van der Waals surface area contributed by atoms with Crippen LogP contribution in [0.2, 0.25) is 0 Å². The molecule has 4 heteroatoms. The second-order valence-corrected chi connectivity index (χ2v) is 6.29. The van der Waals surface area contributed by atoms with E-state index in [1.807, 2.05) is 24.3 Å². The highest BCUT2D eigenvalue weighted by molar-refractivity contribution is 8.00. The molecule has 110 valence electrons. The highest BCUT2D eigenvalue weighted by Gasteiger charge is 2.21. The number of rotatable bonds is 5. The Balaban J connectivity index is 2.20. The van der Waals surface area contributed by atoms with Gasteiger partial charge in [0.2, 0.25) is 0 Å². The normalized spacial score (nSPS) is 12.4. The summed E-state index contributed by atoms with van der Waals surface area (Å²) in [6.45, 7) is 4.22. The number of thioether (sulfide) groups is 1. The van der Waals surface area contributed by atoms with Crippen LogP contribution in [-0.2, 0) is 4.79 Å². The van der Waals surface area contributed by atoms with E-state index in [2.05, 4.69) is 13.8 Å². The van der Waals surface area contributed by atoms with Crippen molar-refractivity contribution in [3.8, 4) is 0 Å². The van der Waals surface area contributed by atoms with Gasteiger partial charge in [-0.2, -0.15) is 0 Å². The lowest BCUT2D eigenvalue weighted by molar-refractivity contribution is -0.136. The van der Waals surface area contributed by atoms with Crippen LogP contribution in [0.3, 0.4) is 0 Å². The van der Waals surface area contributed by atoms with Crippen molar-refractivity contribution in [2.45, 2.75) is 29.9 Å². The Morgan fingerprint density at radius 3 is 2.00 bits per heavy atom. The Bertz CT molecular complexity index is 606. The monoisotopic (exact) mass is 304 g/mol. The first-order valence-corrected chi connectivity index (χ1v) is 7.60. The molecule has 0 aliphatic rings. The molecule has 0 saturated carbocycles. The predicted octanol–water partition coefficient (Wildman–Crippen LogP) is 4.87. The number of hydrogen-bond donors (Lipinski definition) is 1. The van der Waals surface area contributed by atoms with Crippen LogP contribution in [0.25, 0.3) is 0 Å². The van der Waals surface area contributed by atoms with Crippen molar-refractivity contribution in [1.29, 1.82) is 0 Å². The molecule has 0 heterocycles. The van der Waals surface area contributed by atoms with E-state index in [0.717, 1.165) is 4.90 Å². The third-order valence-electron chi connectivity index (χ3n) is 3.20. The summed E-state index contributed by atoms with van der Waals surface area (Å²) in [5, 5.41) is 8.65. The van der Waals surface area contributed by atoms with Gasteiger partial charge in [0, 0.05) is 4.90 Å². The quantitative estimate of drug-likeness (QED) is 0.801. The van der Waals surface area contributed by atoms with Crippen molar-refractivity contribution >= 4 is 17.7 Å². The molecule has 1 unspecified atom stereocenters. The standard InChI is InChI=1S/C17H17FO2S/c1-11(2)12-5-9-15(10-6-12)21-16(17(19)20)13-3-7-14(18)8-4-13/h3-11,16H,1-2H3,(H,19,20). The Morgan fingerprint density at radius 1 is 1.00 bits per heavy atom. The number of carbonyl (C=O) groups is 1. The van der Waals surface area contributed by atoms with Gasteiger partial charge in [-0.25, -0.2) is 4.39 Å². The van der Waals surface area contributed by atoms with Gasteiger partial charge in [0.15, 0.2) is 0 Å². The molecule has 2 rings (SSSR count). The van der Waals surface area contributed by atoms with Gasteiger partial charge in [-0.1, -0.05) is 38.1 Å². The van der Waals surface area contributed by atoms with Crippen LogP contribution < -0.4 is 0 Å². The molecular weight excluding hydrogens is 287 g/mol. The van der Waals surface area contributed by atoms with E-state index in [9.17, 15) is 14.3 Å². The molecule has 1 atom stereocenters. The molecule has 1 N–H and O–H groups in total. The van der Waals surface area contributed by atoms with Gasteiger partial charge in [0.1, 0.15) is 11.1 Å². The van der Waals surface area contributed by atoms with E-state index >= 15 is 0 Å². The van der Waals surface area contributed by atoms with Crippen LogP contribution >= 0.6 is 11.8 Å². The molecule has 0 aliphatic carbocycles. The Morgan fingerprint density at radius 2 is 1.52 bits per heavy atom. The minimum atomic E-state index is -0.931. The fourth-order valence-corrected chi connectivity index (χ4v) is 2.93. The highest BCUT2D eigenvalue weighted by atomic mass is 32.2. The zero-order valence-electron chi connectivity index (χ0n) is 11.9. The summed E-state index contributed by atoms with van der Waals surface area (Å²) in [6, 6.07) is 13.5. The topological polar surface area (TPSA) is 37.3 Å². The predicted molar refractivity (Wildman–Crippen MR) is 83.2 cm³/mol. The SMILES string of the molecule is CC(C)c1ccc(SC(C(=O)O)c2ccc(F)cc2)cc1. The smallest absolute Gasteiger partial charge is 0.321 e. The third kappa shape index (κ3) is 4.08. The minimum absolute atomic E-state index is 0.367. The molecule has 0 fully saturated rings. The lowest BCUT2D eigenvalue weighted by Crippen LogP contribution is -2.07. The van der Waals surface area contributed by atoms with E-state index in [1.165, 1.54) is 41.6 Å². The maximum absolute atomic E-state index is 12.9. The van der Waals surface area contributed by atoms with E-state index < -0.39 is 11.2 Å². The molecule has 0 amide bonds. The number of carboxylic acid groups (broad SMARTS) is 1. The van der Waals surface area contributed by atoms with Crippen LogP contribution in [0.4, 0.5) is 4.39 Å². The van der Waals surface area contributed by atoms with Crippen molar-refractivity contribution in [3.05, 3.63) is 65.5 Å². The van der Waals surface area contributed by atoms with Crippen molar-refractivity contribution < 1.29 is 14.3 Å². The van der Waals surface area contributed by atoms with Crippen LogP contribution in [-0.4, -0.2) is 11.1 Å². The third-order valence-corrected chi connectivity index (χ3v) is 4.45. The van der Waals surface area contributed by atoms with Gasteiger partial charge in [0.25, 0.3) is 0 Å². The van der Waals surface area contributed by atoms with Gasteiger partial charge in [-0.15, -0.1) is 11.8 Å². The number of aliphatic carboxylic acids is 1. The first kappa shape index (κ1) is 15.6. The van der Waals surface area contributed by atoms with Gasteiger partial charge in [-0.3, -0.25) is 4.79 Å². The maximum atomic E-state index is 12.9. The zero-order valence-corrected chi connectivity index (χ0v) is 12.7. The van der Waals surface area contributed by atoms with E-state index in [4.69, 9.17) is 0 Å². The molecule has 0 spiro atoms. The molecule has 0 bridgehead atoms. The lowest BCUT2D eigenvalue weighted by Gasteiger charge is -2.13. The Kier molecular flexibility index (Phi) is 5.02. The van der Waals surface area contributed by atoms with E-state index in [-0.39, 0.29) is 5.82 Å². The van der Waals surface area contributed by atoms with Crippen LogP contribution in [0.15, 0.2) is 53.4 Å². The van der Waals surface area contributed by atoms with E-state index in [1.54, 1.807) is 0 Å². The van der Waals surface area contributed by atoms with Crippen molar-refractivity contribution in [3.63, 3.8) is 0 Å².